The molecule has 0 saturated carbocycles. The average molecular weight is 469 g/mol. The molecular formula is C22H27Cl2FN4O2. The topological polar surface area (TPSA) is 61.1 Å². The summed E-state index contributed by atoms with van der Waals surface area (Å²) in [6, 6.07) is 15.8. The van der Waals surface area contributed by atoms with Gasteiger partial charge in [-0.3, -0.25) is 4.57 Å². The van der Waals surface area contributed by atoms with E-state index < -0.39 is 0 Å². The van der Waals surface area contributed by atoms with Crippen molar-refractivity contribution in [2.45, 2.75) is 31.8 Å². The largest absolute Gasteiger partial charge is 0.492 e. The maximum absolute atomic E-state index is 13.1. The van der Waals surface area contributed by atoms with Gasteiger partial charge in [0.1, 0.15) is 24.0 Å². The molecule has 9 heteroatoms. The number of benzene rings is 2. The molecule has 1 N–H and O–H groups in total. The molecular weight excluding hydrogens is 442 g/mol. The molecule has 6 nitrogen and oxygen atoms in total. The van der Waals surface area contributed by atoms with E-state index in [2.05, 4.69) is 10.4 Å². The lowest BCUT2D eigenvalue weighted by atomic mass is 9.97. The van der Waals surface area contributed by atoms with Gasteiger partial charge in [-0.1, -0.05) is 30.3 Å². The third-order valence-electron chi connectivity index (χ3n) is 5.22. The van der Waals surface area contributed by atoms with Crippen LogP contribution in [0.3, 0.4) is 0 Å². The molecule has 31 heavy (non-hydrogen) atoms. The van der Waals surface area contributed by atoms with E-state index in [0.717, 1.165) is 37.3 Å². The molecule has 0 spiro atoms. The van der Waals surface area contributed by atoms with Gasteiger partial charge in [0.15, 0.2) is 0 Å². The molecule has 0 bridgehead atoms. The first kappa shape index (κ1) is 24.9. The van der Waals surface area contributed by atoms with Gasteiger partial charge in [0.25, 0.3) is 0 Å². The molecule has 1 fully saturated rings. The van der Waals surface area contributed by atoms with Crippen LogP contribution in [0, 0.1) is 5.82 Å². The van der Waals surface area contributed by atoms with Crippen molar-refractivity contribution in [3.8, 4) is 5.75 Å². The lowest BCUT2D eigenvalue weighted by Crippen LogP contribution is -2.30. The molecule has 0 amide bonds. The number of halogens is 3. The number of rotatable bonds is 7. The summed E-state index contributed by atoms with van der Waals surface area (Å²) < 4.78 is 21.9. The van der Waals surface area contributed by atoms with Crippen LogP contribution in [0.4, 0.5) is 4.39 Å². The zero-order valence-corrected chi connectivity index (χ0v) is 18.7. The summed E-state index contributed by atoms with van der Waals surface area (Å²) in [5.41, 5.74) is 0.956. The standard InChI is InChI=1S/C22H25FN4O2.2ClH/c23-19-6-8-20(9-7-19)29-15-14-27-22(28)26(16-17-4-2-1-3-5-17)21(25-27)18-10-12-24-13-11-18;;/h1-9,18,24H,10-16H2;2*1H. The molecule has 0 atom stereocenters. The van der Waals surface area contributed by atoms with Crippen LogP contribution in [0.1, 0.15) is 30.1 Å². The molecule has 2 aromatic carbocycles. The fraction of sp³-hybridized carbons (Fsp3) is 0.364. The van der Waals surface area contributed by atoms with Gasteiger partial charge >= 0.3 is 5.69 Å². The van der Waals surface area contributed by atoms with Gasteiger partial charge in [0.2, 0.25) is 0 Å². The van der Waals surface area contributed by atoms with Gasteiger partial charge in [-0.2, -0.15) is 5.10 Å². The minimum absolute atomic E-state index is 0. The molecule has 1 aliphatic rings. The Kier molecular flexibility index (Phi) is 9.55. The van der Waals surface area contributed by atoms with Crippen LogP contribution in [0.5, 0.6) is 5.75 Å². The predicted octanol–water partition coefficient (Wildman–Crippen LogP) is 3.62. The van der Waals surface area contributed by atoms with Gasteiger partial charge in [0, 0.05) is 5.92 Å². The number of nitrogens with zero attached hydrogens (tertiary/aromatic N) is 3. The number of aromatic nitrogens is 3. The highest BCUT2D eigenvalue weighted by molar-refractivity contribution is 5.85. The number of hydrogen-bond acceptors (Lipinski definition) is 4. The number of piperidine rings is 1. The molecule has 2 heterocycles. The molecule has 0 unspecified atom stereocenters. The Morgan fingerprint density at radius 2 is 1.71 bits per heavy atom. The van der Waals surface area contributed by atoms with E-state index in [1.165, 1.54) is 16.8 Å². The van der Waals surface area contributed by atoms with E-state index in [1.807, 2.05) is 30.3 Å². The molecule has 0 radical (unpaired) electrons. The summed E-state index contributed by atoms with van der Waals surface area (Å²) in [7, 11) is 0. The van der Waals surface area contributed by atoms with E-state index in [0.29, 0.717) is 25.4 Å². The highest BCUT2D eigenvalue weighted by atomic mass is 35.5. The second kappa shape index (κ2) is 11.9. The molecule has 168 valence electrons. The first-order valence-electron chi connectivity index (χ1n) is 10.0. The molecule has 4 rings (SSSR count). The van der Waals surface area contributed by atoms with E-state index in [9.17, 15) is 9.18 Å². The monoisotopic (exact) mass is 468 g/mol. The van der Waals surface area contributed by atoms with Gasteiger partial charge in [-0.25, -0.2) is 13.9 Å². The molecule has 3 aromatic rings. The fourth-order valence-corrected chi connectivity index (χ4v) is 3.68. The van der Waals surface area contributed by atoms with Crippen molar-refractivity contribution < 1.29 is 9.13 Å². The Balaban J connectivity index is 0.00000171. The highest BCUT2D eigenvalue weighted by Gasteiger charge is 2.24. The summed E-state index contributed by atoms with van der Waals surface area (Å²) in [6.07, 6.45) is 1.94. The zero-order chi connectivity index (χ0) is 20.1. The number of hydrogen-bond donors (Lipinski definition) is 1. The van der Waals surface area contributed by atoms with Gasteiger partial charge in [0.05, 0.1) is 13.1 Å². The summed E-state index contributed by atoms with van der Waals surface area (Å²) >= 11 is 0. The van der Waals surface area contributed by atoms with E-state index in [1.54, 1.807) is 16.7 Å². The van der Waals surface area contributed by atoms with Crippen molar-refractivity contribution in [3.63, 3.8) is 0 Å². The van der Waals surface area contributed by atoms with Gasteiger partial charge < -0.3 is 10.1 Å². The van der Waals surface area contributed by atoms with Crippen molar-refractivity contribution in [1.29, 1.82) is 0 Å². The van der Waals surface area contributed by atoms with Crippen LogP contribution in [-0.2, 0) is 13.1 Å². The number of ether oxygens (including phenoxy) is 1. The van der Waals surface area contributed by atoms with Crippen LogP contribution in [0.25, 0.3) is 0 Å². The first-order chi connectivity index (χ1) is 14.2. The number of nitrogens with one attached hydrogen (secondary N) is 1. The summed E-state index contributed by atoms with van der Waals surface area (Å²) in [5.74, 6) is 1.38. The summed E-state index contributed by atoms with van der Waals surface area (Å²) in [6.45, 7) is 3.02. The Morgan fingerprint density at radius 1 is 1.03 bits per heavy atom. The molecule has 0 aliphatic carbocycles. The second-order valence-electron chi connectivity index (χ2n) is 7.26. The maximum Gasteiger partial charge on any atom is 0.346 e. The third-order valence-corrected chi connectivity index (χ3v) is 5.22. The Bertz CT molecular complexity index is 987. The Morgan fingerprint density at radius 3 is 2.39 bits per heavy atom. The lowest BCUT2D eigenvalue weighted by molar-refractivity contribution is 0.287. The second-order valence-corrected chi connectivity index (χ2v) is 7.26. The minimum atomic E-state index is -0.306. The van der Waals surface area contributed by atoms with E-state index in [-0.39, 0.29) is 42.2 Å². The first-order valence-corrected chi connectivity index (χ1v) is 10.0. The van der Waals surface area contributed by atoms with Crippen LogP contribution >= 0.6 is 24.8 Å². The van der Waals surface area contributed by atoms with Gasteiger partial charge in [-0.15, -0.1) is 24.8 Å². The van der Waals surface area contributed by atoms with Crippen molar-refractivity contribution in [3.05, 3.63) is 82.3 Å². The van der Waals surface area contributed by atoms with Crippen molar-refractivity contribution >= 4 is 24.8 Å². The van der Waals surface area contributed by atoms with Crippen molar-refractivity contribution in [2.75, 3.05) is 19.7 Å². The maximum atomic E-state index is 13.1. The molecule has 1 aromatic heterocycles. The van der Waals surface area contributed by atoms with Crippen LogP contribution < -0.4 is 15.7 Å². The fourth-order valence-electron chi connectivity index (χ4n) is 3.68. The Labute approximate surface area is 193 Å². The van der Waals surface area contributed by atoms with Crippen molar-refractivity contribution in [2.24, 2.45) is 0 Å². The zero-order valence-electron chi connectivity index (χ0n) is 17.1. The summed E-state index contributed by atoms with van der Waals surface area (Å²) in [4.78, 5) is 13.1. The smallest absolute Gasteiger partial charge is 0.346 e. The molecule has 1 saturated heterocycles. The SMILES string of the molecule is Cl.Cl.O=c1n(CCOc2ccc(F)cc2)nc(C2CCNCC2)n1Cc1ccccc1. The van der Waals surface area contributed by atoms with Crippen molar-refractivity contribution in [1.82, 2.24) is 19.7 Å². The quantitative estimate of drug-likeness (QED) is 0.575. The molecule has 1 aliphatic heterocycles. The predicted molar refractivity (Wildman–Crippen MR) is 123 cm³/mol. The van der Waals surface area contributed by atoms with Crippen LogP contribution in [0.2, 0.25) is 0 Å². The minimum Gasteiger partial charge on any atom is -0.492 e. The highest BCUT2D eigenvalue weighted by Crippen LogP contribution is 2.23. The third kappa shape index (κ3) is 6.32. The Hall–Kier alpha value is -2.35. The van der Waals surface area contributed by atoms with Gasteiger partial charge in [-0.05, 0) is 55.8 Å². The summed E-state index contributed by atoms with van der Waals surface area (Å²) in [5, 5.41) is 8.04. The van der Waals surface area contributed by atoms with E-state index >= 15 is 0 Å². The average Bonchev–Trinajstić information content (AvgIpc) is 3.06. The van der Waals surface area contributed by atoms with Crippen LogP contribution in [-0.4, -0.2) is 34.0 Å². The van der Waals surface area contributed by atoms with E-state index in [4.69, 9.17) is 4.74 Å². The lowest BCUT2D eigenvalue weighted by Gasteiger charge is -2.22. The normalized spacial score (nSPS) is 13.8. The van der Waals surface area contributed by atoms with Crippen LogP contribution in [0.15, 0.2) is 59.4 Å².